The highest BCUT2D eigenvalue weighted by Crippen LogP contribution is 2.34. The fourth-order valence-electron chi connectivity index (χ4n) is 3.07. The van der Waals surface area contributed by atoms with Crippen molar-refractivity contribution in [2.75, 3.05) is 37.8 Å². The molecule has 0 atom stereocenters. The molecule has 0 radical (unpaired) electrons. The first-order chi connectivity index (χ1) is 14.0. The number of carboxylic acid groups (broad SMARTS) is 4. The topological polar surface area (TPSA) is 195 Å². The van der Waals surface area contributed by atoms with E-state index in [1.54, 1.807) is 0 Å². The number of carbonyl (C=O) groups is 4. The minimum atomic E-state index is -1.82. The Labute approximate surface area is 172 Å². The Hall–Kier alpha value is -3.41. The minimum Gasteiger partial charge on any atom is -0.473 e. The van der Waals surface area contributed by atoms with E-state index in [0.29, 0.717) is 0 Å². The van der Waals surface area contributed by atoms with Gasteiger partial charge in [0, 0.05) is 49.9 Å². The normalized spacial score (nSPS) is 15.1. The Morgan fingerprint density at radius 2 is 1.37 bits per heavy atom. The van der Waals surface area contributed by atoms with Crippen molar-refractivity contribution in [3.05, 3.63) is 16.8 Å². The van der Waals surface area contributed by atoms with Gasteiger partial charge in [-0.25, -0.2) is 24.2 Å². The van der Waals surface area contributed by atoms with E-state index in [1.165, 1.54) is 29.7 Å². The molecule has 12 nitrogen and oxygen atoms in total. The molecule has 3 rings (SSSR count). The highest BCUT2D eigenvalue weighted by Gasteiger charge is 2.24. The van der Waals surface area contributed by atoms with Gasteiger partial charge in [0.25, 0.3) is 0 Å². The van der Waals surface area contributed by atoms with E-state index in [1.807, 2.05) is 0 Å². The average Bonchev–Trinajstić information content (AvgIpc) is 2.85. The quantitative estimate of drug-likeness (QED) is 0.341. The number of pyridine rings is 1. The molecular weight excluding hydrogens is 400 g/mol. The van der Waals surface area contributed by atoms with Crippen molar-refractivity contribution in [1.82, 2.24) is 9.88 Å². The highest BCUT2D eigenvalue weighted by molar-refractivity contribution is 6.27. The molecule has 0 fully saturated rings. The lowest BCUT2D eigenvalue weighted by Gasteiger charge is -2.29. The first-order valence-electron chi connectivity index (χ1n) is 9.07. The SMILES string of the molecule is CN1CCc2nc3c(c(N)c2C1)CCCCN3C.O=C(O)C(=O)O.O=C(O)C(=O)O. The predicted molar refractivity (Wildman–Crippen MR) is 105 cm³/mol. The summed E-state index contributed by atoms with van der Waals surface area (Å²) < 4.78 is 0. The number of nitrogens with two attached hydrogens (primary N) is 1. The summed E-state index contributed by atoms with van der Waals surface area (Å²) in [5, 5.41) is 29.6. The van der Waals surface area contributed by atoms with Gasteiger partial charge in [-0.15, -0.1) is 0 Å². The van der Waals surface area contributed by atoms with Gasteiger partial charge >= 0.3 is 23.9 Å². The number of aromatic nitrogens is 1. The predicted octanol–water partition coefficient (Wildman–Crippen LogP) is -0.265. The van der Waals surface area contributed by atoms with Crippen molar-refractivity contribution in [2.45, 2.75) is 32.2 Å². The van der Waals surface area contributed by atoms with Crippen LogP contribution in [0.1, 0.15) is 29.7 Å². The summed E-state index contributed by atoms with van der Waals surface area (Å²) in [6, 6.07) is 0. The second kappa shape index (κ2) is 11.0. The number of likely N-dealkylation sites (N-methyl/N-ethyl adjacent to an activating group) is 1. The van der Waals surface area contributed by atoms with Gasteiger partial charge in [-0.2, -0.15) is 0 Å². The molecule has 2 aliphatic rings. The van der Waals surface area contributed by atoms with E-state index in [4.69, 9.17) is 50.3 Å². The minimum absolute atomic E-state index is 0.950. The number of carboxylic acids is 4. The molecule has 0 unspecified atom stereocenters. The number of hydrogen-bond donors (Lipinski definition) is 5. The van der Waals surface area contributed by atoms with Crippen LogP contribution in [0.5, 0.6) is 0 Å². The van der Waals surface area contributed by atoms with Crippen molar-refractivity contribution in [3.8, 4) is 0 Å². The molecule has 0 aliphatic carbocycles. The summed E-state index contributed by atoms with van der Waals surface area (Å²) in [5.74, 6) is -6.16. The van der Waals surface area contributed by atoms with E-state index in [-0.39, 0.29) is 0 Å². The van der Waals surface area contributed by atoms with Crippen LogP contribution in [0, 0.1) is 0 Å². The second-order valence-electron chi connectivity index (χ2n) is 6.84. The molecule has 1 aromatic heterocycles. The van der Waals surface area contributed by atoms with Gasteiger partial charge in [0.2, 0.25) is 0 Å². The molecule has 3 heterocycles. The summed E-state index contributed by atoms with van der Waals surface area (Å²) in [6.45, 7) is 3.13. The summed E-state index contributed by atoms with van der Waals surface area (Å²) >= 11 is 0. The molecular formula is C18H26N4O8. The lowest BCUT2D eigenvalue weighted by molar-refractivity contribution is -0.159. The third kappa shape index (κ3) is 6.88. The van der Waals surface area contributed by atoms with Crippen molar-refractivity contribution in [3.63, 3.8) is 0 Å². The van der Waals surface area contributed by atoms with Crippen LogP contribution in [0.25, 0.3) is 0 Å². The number of aliphatic carboxylic acids is 4. The van der Waals surface area contributed by atoms with Crippen molar-refractivity contribution >= 4 is 35.4 Å². The molecule has 6 N–H and O–H groups in total. The van der Waals surface area contributed by atoms with Gasteiger partial charge < -0.3 is 36.0 Å². The van der Waals surface area contributed by atoms with Gasteiger partial charge in [0.05, 0.1) is 5.69 Å². The Morgan fingerprint density at radius 1 is 0.833 bits per heavy atom. The van der Waals surface area contributed by atoms with Crippen LogP contribution < -0.4 is 10.6 Å². The first kappa shape index (κ1) is 24.6. The van der Waals surface area contributed by atoms with Crippen molar-refractivity contribution < 1.29 is 39.6 Å². The monoisotopic (exact) mass is 426 g/mol. The van der Waals surface area contributed by atoms with Crippen molar-refractivity contribution in [1.29, 1.82) is 0 Å². The van der Waals surface area contributed by atoms with Crippen LogP contribution in [0.2, 0.25) is 0 Å². The fourth-order valence-corrected chi connectivity index (χ4v) is 3.07. The summed E-state index contributed by atoms with van der Waals surface area (Å²) in [7, 11) is 4.29. The third-order valence-corrected chi connectivity index (χ3v) is 4.57. The van der Waals surface area contributed by atoms with Gasteiger partial charge in [0.1, 0.15) is 5.82 Å². The molecule has 0 bridgehead atoms. The smallest absolute Gasteiger partial charge is 0.414 e. The Balaban J connectivity index is 0.000000312. The standard InChI is InChI=1S/C14H22N4.2C2H2O4/c1-17-8-6-12-11(9-17)13(15)10-5-3-4-7-18(2)14(10)16-12;2*3-1(4)2(5)6/h3-9H2,1-2H3,(H2,15,16);2*(H,3,4)(H,5,6). The number of hydrogen-bond acceptors (Lipinski definition) is 8. The third-order valence-electron chi connectivity index (χ3n) is 4.57. The van der Waals surface area contributed by atoms with Crippen LogP contribution in [0.15, 0.2) is 0 Å². The van der Waals surface area contributed by atoms with Crippen LogP contribution >= 0.6 is 0 Å². The number of anilines is 2. The first-order valence-corrected chi connectivity index (χ1v) is 9.07. The Kier molecular flexibility index (Phi) is 8.99. The lowest BCUT2D eigenvalue weighted by atomic mass is 9.98. The number of nitrogen functional groups attached to an aromatic ring is 1. The number of rotatable bonds is 0. The molecule has 0 amide bonds. The maximum atomic E-state index is 9.10. The summed E-state index contributed by atoms with van der Waals surface area (Å²) in [5.41, 5.74) is 11.2. The lowest BCUT2D eigenvalue weighted by Crippen LogP contribution is -2.30. The van der Waals surface area contributed by atoms with Crippen LogP contribution in [0.4, 0.5) is 11.5 Å². The van der Waals surface area contributed by atoms with E-state index in [9.17, 15) is 0 Å². The molecule has 0 saturated carbocycles. The van der Waals surface area contributed by atoms with Gasteiger partial charge in [-0.05, 0) is 26.3 Å². The summed E-state index contributed by atoms with van der Waals surface area (Å²) in [4.78, 5) is 45.9. The highest BCUT2D eigenvalue weighted by atomic mass is 16.4. The molecule has 1 aromatic rings. The average molecular weight is 426 g/mol. The molecule has 0 saturated heterocycles. The number of nitrogens with zero attached hydrogens (tertiary/aromatic N) is 3. The fraction of sp³-hybridized carbons (Fsp3) is 0.500. The molecule has 2 aliphatic heterocycles. The van der Waals surface area contributed by atoms with E-state index < -0.39 is 23.9 Å². The molecule has 30 heavy (non-hydrogen) atoms. The summed E-state index contributed by atoms with van der Waals surface area (Å²) in [6.07, 6.45) is 4.56. The van der Waals surface area contributed by atoms with Gasteiger partial charge in [-0.1, -0.05) is 0 Å². The molecule has 166 valence electrons. The molecule has 12 heteroatoms. The maximum absolute atomic E-state index is 9.10. The Bertz CT molecular complexity index is 779. The number of fused-ring (bicyclic) bond motifs is 2. The molecule has 0 spiro atoms. The van der Waals surface area contributed by atoms with E-state index in [0.717, 1.165) is 44.0 Å². The zero-order valence-electron chi connectivity index (χ0n) is 16.8. The maximum Gasteiger partial charge on any atom is 0.414 e. The largest absolute Gasteiger partial charge is 0.473 e. The molecule has 0 aromatic carbocycles. The second-order valence-corrected chi connectivity index (χ2v) is 6.84. The van der Waals surface area contributed by atoms with Gasteiger partial charge in [-0.3, -0.25) is 0 Å². The Morgan fingerprint density at radius 3 is 1.87 bits per heavy atom. The van der Waals surface area contributed by atoms with Crippen molar-refractivity contribution in [2.24, 2.45) is 0 Å². The van der Waals surface area contributed by atoms with E-state index in [2.05, 4.69) is 23.9 Å². The zero-order valence-corrected chi connectivity index (χ0v) is 16.8. The van der Waals surface area contributed by atoms with Gasteiger partial charge in [0.15, 0.2) is 0 Å². The van der Waals surface area contributed by atoms with Crippen LogP contribution in [0.3, 0.4) is 0 Å². The van der Waals surface area contributed by atoms with E-state index >= 15 is 0 Å². The van der Waals surface area contributed by atoms with Crippen LogP contribution in [-0.4, -0.2) is 81.4 Å². The van der Waals surface area contributed by atoms with Crippen LogP contribution in [-0.2, 0) is 38.6 Å². The zero-order chi connectivity index (χ0) is 23.0.